The Kier molecular flexibility index (Phi) is 4.92. The van der Waals surface area contributed by atoms with Gasteiger partial charge in [0.2, 0.25) is 0 Å². The first-order chi connectivity index (χ1) is 7.65. The highest BCUT2D eigenvalue weighted by Gasteiger charge is 2.09. The first kappa shape index (κ1) is 12.6. The van der Waals surface area contributed by atoms with E-state index in [9.17, 15) is 9.18 Å². The molecule has 3 nitrogen and oxygen atoms in total. The molecule has 0 aliphatic heterocycles. The minimum absolute atomic E-state index is 0.217. The number of rotatable bonds is 6. The van der Waals surface area contributed by atoms with Gasteiger partial charge in [0, 0.05) is 6.61 Å². The molecular weight excluding hydrogens is 211 g/mol. The van der Waals surface area contributed by atoms with Crippen molar-refractivity contribution >= 4 is 5.78 Å². The number of carbonyl (C=O) groups is 1. The zero-order chi connectivity index (χ0) is 12.0. The molecule has 4 heteroatoms. The third-order valence-electron chi connectivity index (χ3n) is 2.01. The van der Waals surface area contributed by atoms with E-state index in [2.05, 4.69) is 0 Å². The maximum Gasteiger partial charge on any atom is 0.163 e. The highest BCUT2D eigenvalue weighted by molar-refractivity contribution is 5.96. The van der Waals surface area contributed by atoms with Crippen molar-refractivity contribution in [2.24, 2.45) is 0 Å². The second kappa shape index (κ2) is 6.23. The van der Waals surface area contributed by atoms with Crippen LogP contribution >= 0.6 is 0 Å². The van der Waals surface area contributed by atoms with E-state index in [0.29, 0.717) is 25.6 Å². The van der Waals surface area contributed by atoms with E-state index < -0.39 is 5.82 Å². The minimum atomic E-state index is -0.442. The molecule has 0 spiro atoms. The molecule has 0 aromatic heterocycles. The van der Waals surface area contributed by atoms with Gasteiger partial charge in [0.25, 0.3) is 0 Å². The molecule has 0 amide bonds. The number of halogens is 1. The van der Waals surface area contributed by atoms with Gasteiger partial charge >= 0.3 is 0 Å². The number of benzene rings is 1. The van der Waals surface area contributed by atoms with E-state index in [4.69, 9.17) is 9.47 Å². The standard InChI is InChI=1S/C12H15FO3/c1-3-15-6-7-16-12-5-4-10(13)8-11(12)9(2)14/h4-5,8H,3,6-7H2,1-2H3. The van der Waals surface area contributed by atoms with Crippen LogP contribution in [-0.4, -0.2) is 25.6 Å². The van der Waals surface area contributed by atoms with Crippen molar-refractivity contribution in [3.63, 3.8) is 0 Å². The Hall–Kier alpha value is -1.42. The molecule has 0 saturated heterocycles. The number of hydrogen-bond acceptors (Lipinski definition) is 3. The van der Waals surface area contributed by atoms with E-state index in [1.807, 2.05) is 6.92 Å². The van der Waals surface area contributed by atoms with Crippen LogP contribution in [0.15, 0.2) is 18.2 Å². The van der Waals surface area contributed by atoms with Crippen molar-refractivity contribution in [3.05, 3.63) is 29.6 Å². The van der Waals surface area contributed by atoms with Crippen molar-refractivity contribution < 1.29 is 18.7 Å². The minimum Gasteiger partial charge on any atom is -0.490 e. The average Bonchev–Trinajstić information content (AvgIpc) is 2.26. The smallest absolute Gasteiger partial charge is 0.163 e. The van der Waals surface area contributed by atoms with Gasteiger partial charge in [-0.3, -0.25) is 4.79 Å². The summed E-state index contributed by atoms with van der Waals surface area (Å²) in [7, 11) is 0. The van der Waals surface area contributed by atoms with Crippen molar-refractivity contribution in [2.75, 3.05) is 19.8 Å². The van der Waals surface area contributed by atoms with Crippen LogP contribution in [-0.2, 0) is 4.74 Å². The van der Waals surface area contributed by atoms with Gasteiger partial charge in [0.15, 0.2) is 5.78 Å². The zero-order valence-electron chi connectivity index (χ0n) is 9.46. The highest BCUT2D eigenvalue weighted by atomic mass is 19.1. The zero-order valence-corrected chi connectivity index (χ0v) is 9.46. The first-order valence-corrected chi connectivity index (χ1v) is 5.16. The molecule has 0 aliphatic rings. The summed E-state index contributed by atoms with van der Waals surface area (Å²) < 4.78 is 23.4. The van der Waals surface area contributed by atoms with Crippen molar-refractivity contribution in [3.8, 4) is 5.75 Å². The van der Waals surface area contributed by atoms with Gasteiger partial charge in [-0.2, -0.15) is 0 Å². The summed E-state index contributed by atoms with van der Waals surface area (Å²) in [5, 5.41) is 0. The summed E-state index contributed by atoms with van der Waals surface area (Å²) in [6.07, 6.45) is 0. The Labute approximate surface area is 94.2 Å². The number of ketones is 1. The van der Waals surface area contributed by atoms with Gasteiger partial charge < -0.3 is 9.47 Å². The van der Waals surface area contributed by atoms with Crippen LogP contribution in [0.25, 0.3) is 0 Å². The largest absolute Gasteiger partial charge is 0.490 e. The van der Waals surface area contributed by atoms with Crippen LogP contribution in [0.1, 0.15) is 24.2 Å². The van der Waals surface area contributed by atoms with E-state index >= 15 is 0 Å². The maximum atomic E-state index is 12.9. The summed E-state index contributed by atoms with van der Waals surface area (Å²) in [4.78, 5) is 11.2. The Morgan fingerprint density at radius 3 is 2.75 bits per heavy atom. The molecule has 0 atom stereocenters. The number of Topliss-reactive ketones (excluding diaryl/α,β-unsaturated/α-hetero) is 1. The van der Waals surface area contributed by atoms with Gasteiger partial charge in [0.1, 0.15) is 18.2 Å². The first-order valence-electron chi connectivity index (χ1n) is 5.16. The van der Waals surface area contributed by atoms with Crippen molar-refractivity contribution in [2.45, 2.75) is 13.8 Å². The average molecular weight is 226 g/mol. The quantitative estimate of drug-likeness (QED) is 0.552. The fourth-order valence-corrected chi connectivity index (χ4v) is 1.26. The molecule has 0 radical (unpaired) electrons. The van der Waals surface area contributed by atoms with Crippen LogP contribution in [0.5, 0.6) is 5.75 Å². The predicted molar refractivity (Wildman–Crippen MR) is 58.4 cm³/mol. The molecular formula is C12H15FO3. The molecule has 0 bridgehead atoms. The third kappa shape index (κ3) is 3.62. The number of ether oxygens (including phenoxy) is 2. The summed E-state index contributed by atoms with van der Waals surface area (Å²) >= 11 is 0. The van der Waals surface area contributed by atoms with Gasteiger partial charge in [-0.25, -0.2) is 4.39 Å². The lowest BCUT2D eigenvalue weighted by molar-refractivity contribution is 0.0989. The Bertz CT molecular complexity index is 363. The van der Waals surface area contributed by atoms with Crippen LogP contribution in [0.2, 0.25) is 0 Å². The fourth-order valence-electron chi connectivity index (χ4n) is 1.26. The van der Waals surface area contributed by atoms with Crippen LogP contribution in [0, 0.1) is 5.82 Å². The normalized spacial score (nSPS) is 10.2. The maximum absolute atomic E-state index is 12.9. The lowest BCUT2D eigenvalue weighted by Crippen LogP contribution is -2.08. The number of hydrogen-bond donors (Lipinski definition) is 0. The lowest BCUT2D eigenvalue weighted by atomic mass is 10.1. The van der Waals surface area contributed by atoms with Gasteiger partial charge in [-0.15, -0.1) is 0 Å². The summed E-state index contributed by atoms with van der Waals surface area (Å²) in [5.74, 6) is -0.262. The van der Waals surface area contributed by atoms with Crippen molar-refractivity contribution in [1.29, 1.82) is 0 Å². The molecule has 0 fully saturated rings. The van der Waals surface area contributed by atoms with Crippen LogP contribution < -0.4 is 4.74 Å². The molecule has 0 aliphatic carbocycles. The molecule has 0 N–H and O–H groups in total. The molecule has 1 aromatic carbocycles. The van der Waals surface area contributed by atoms with Crippen molar-refractivity contribution in [1.82, 2.24) is 0 Å². The van der Waals surface area contributed by atoms with Crippen LogP contribution in [0.3, 0.4) is 0 Å². The van der Waals surface area contributed by atoms with Gasteiger partial charge in [0.05, 0.1) is 12.2 Å². The van der Waals surface area contributed by atoms with E-state index in [0.717, 1.165) is 0 Å². The monoisotopic (exact) mass is 226 g/mol. The summed E-state index contributed by atoms with van der Waals surface area (Å²) in [5.41, 5.74) is 0.261. The fraction of sp³-hybridized carbons (Fsp3) is 0.417. The Morgan fingerprint density at radius 2 is 2.12 bits per heavy atom. The predicted octanol–water partition coefficient (Wildman–Crippen LogP) is 2.44. The molecule has 0 saturated carbocycles. The highest BCUT2D eigenvalue weighted by Crippen LogP contribution is 2.20. The lowest BCUT2D eigenvalue weighted by Gasteiger charge is -2.09. The second-order valence-electron chi connectivity index (χ2n) is 3.24. The molecule has 1 rings (SSSR count). The molecule has 0 heterocycles. The van der Waals surface area contributed by atoms with E-state index in [1.165, 1.54) is 25.1 Å². The number of carbonyl (C=O) groups excluding carboxylic acids is 1. The van der Waals surface area contributed by atoms with Gasteiger partial charge in [-0.05, 0) is 32.0 Å². The van der Waals surface area contributed by atoms with E-state index in [-0.39, 0.29) is 11.3 Å². The summed E-state index contributed by atoms with van der Waals surface area (Å²) in [6, 6.07) is 3.90. The second-order valence-corrected chi connectivity index (χ2v) is 3.24. The molecule has 1 aromatic rings. The summed E-state index contributed by atoms with van der Waals surface area (Å²) in [6.45, 7) is 4.68. The van der Waals surface area contributed by atoms with Crippen LogP contribution in [0.4, 0.5) is 4.39 Å². The molecule has 16 heavy (non-hydrogen) atoms. The SMILES string of the molecule is CCOCCOc1ccc(F)cc1C(C)=O. The topological polar surface area (TPSA) is 35.5 Å². The molecule has 0 unspecified atom stereocenters. The Balaban J connectivity index is 2.67. The third-order valence-corrected chi connectivity index (χ3v) is 2.01. The Morgan fingerprint density at radius 1 is 1.38 bits per heavy atom. The van der Waals surface area contributed by atoms with Gasteiger partial charge in [-0.1, -0.05) is 0 Å². The van der Waals surface area contributed by atoms with E-state index in [1.54, 1.807) is 0 Å². The molecule has 88 valence electrons.